The van der Waals surface area contributed by atoms with Gasteiger partial charge in [-0.25, -0.2) is 12.7 Å². The Kier molecular flexibility index (Phi) is 5.57. The second-order valence-corrected chi connectivity index (χ2v) is 7.29. The van der Waals surface area contributed by atoms with Gasteiger partial charge in [0.25, 0.3) is 0 Å². The molecule has 0 aromatic carbocycles. The minimum absolute atomic E-state index is 0.358. The summed E-state index contributed by atoms with van der Waals surface area (Å²) >= 11 is 0. The van der Waals surface area contributed by atoms with E-state index in [4.69, 9.17) is 5.26 Å². The zero-order valence-electron chi connectivity index (χ0n) is 11.5. The molecule has 1 heterocycles. The zero-order valence-corrected chi connectivity index (χ0v) is 12.3. The van der Waals surface area contributed by atoms with Gasteiger partial charge in [0.05, 0.1) is 6.07 Å². The van der Waals surface area contributed by atoms with Crippen molar-refractivity contribution in [2.75, 3.05) is 33.7 Å². The molecule has 0 aromatic rings. The number of sulfonamides is 1. The summed E-state index contributed by atoms with van der Waals surface area (Å²) in [6, 6.07) is 1.89. The maximum atomic E-state index is 12.2. The van der Waals surface area contributed by atoms with Gasteiger partial charge in [-0.2, -0.15) is 5.26 Å². The molecule has 0 saturated carbocycles. The van der Waals surface area contributed by atoms with Crippen molar-refractivity contribution >= 4 is 10.0 Å². The Morgan fingerprint density at radius 1 is 1.39 bits per heavy atom. The Morgan fingerprint density at radius 3 is 2.33 bits per heavy atom. The minimum atomic E-state index is -3.42. The van der Waals surface area contributed by atoms with E-state index in [1.807, 2.05) is 20.2 Å². The molecule has 0 N–H and O–H groups in total. The second-order valence-electron chi connectivity index (χ2n) is 5.18. The van der Waals surface area contributed by atoms with Crippen LogP contribution in [0.25, 0.3) is 0 Å². The Balaban J connectivity index is 2.60. The van der Waals surface area contributed by atoms with Gasteiger partial charge in [0.1, 0.15) is 0 Å². The van der Waals surface area contributed by atoms with Gasteiger partial charge in [-0.1, -0.05) is 6.92 Å². The van der Waals surface area contributed by atoms with E-state index in [-0.39, 0.29) is 0 Å². The summed E-state index contributed by atoms with van der Waals surface area (Å²) in [5.41, 5.74) is 0. The van der Waals surface area contributed by atoms with Gasteiger partial charge in [-0.05, 0) is 39.3 Å². The van der Waals surface area contributed by atoms with Crippen molar-refractivity contribution < 1.29 is 8.42 Å². The summed E-state index contributed by atoms with van der Waals surface area (Å²) < 4.78 is 25.8. The molecule has 0 aliphatic carbocycles. The Bertz CT molecular complexity index is 392. The third kappa shape index (κ3) is 3.67. The summed E-state index contributed by atoms with van der Waals surface area (Å²) in [6.45, 7) is 3.85. The van der Waals surface area contributed by atoms with E-state index in [9.17, 15) is 8.42 Å². The highest BCUT2D eigenvalue weighted by molar-refractivity contribution is 7.90. The normalized spacial score (nSPS) is 20.8. The standard InChI is InChI=1S/C12H23N3O2S/c1-4-12(9-13)18(16,17)15-7-5-11(6-8-15)10-14(2)3/h11-12H,4-8,10H2,1-3H3. The largest absolute Gasteiger partial charge is 0.309 e. The Morgan fingerprint density at radius 2 is 1.94 bits per heavy atom. The fraction of sp³-hybridized carbons (Fsp3) is 0.917. The maximum Gasteiger partial charge on any atom is 0.230 e. The van der Waals surface area contributed by atoms with E-state index in [0.717, 1.165) is 19.4 Å². The number of piperidine rings is 1. The first-order valence-corrected chi connectivity index (χ1v) is 7.95. The van der Waals surface area contributed by atoms with E-state index in [2.05, 4.69) is 4.90 Å². The quantitative estimate of drug-likeness (QED) is 0.746. The van der Waals surface area contributed by atoms with Crippen LogP contribution in [0.15, 0.2) is 0 Å². The molecule has 0 aromatic heterocycles. The van der Waals surface area contributed by atoms with Crippen LogP contribution in [-0.4, -0.2) is 56.6 Å². The molecule has 1 aliphatic heterocycles. The summed E-state index contributed by atoms with van der Waals surface area (Å²) in [7, 11) is 0.650. The van der Waals surface area contributed by atoms with Gasteiger partial charge >= 0.3 is 0 Å². The lowest BCUT2D eigenvalue weighted by atomic mass is 9.98. The number of rotatable bonds is 5. The van der Waals surface area contributed by atoms with Crippen LogP contribution in [0.3, 0.4) is 0 Å². The molecule has 6 heteroatoms. The third-order valence-electron chi connectivity index (χ3n) is 3.43. The summed E-state index contributed by atoms with van der Waals surface area (Å²) in [5, 5.41) is 8.01. The van der Waals surface area contributed by atoms with E-state index >= 15 is 0 Å². The smallest absolute Gasteiger partial charge is 0.230 e. The molecule has 0 bridgehead atoms. The van der Waals surface area contributed by atoms with Crippen LogP contribution in [0.2, 0.25) is 0 Å². The molecule has 5 nitrogen and oxygen atoms in total. The lowest BCUT2D eigenvalue weighted by molar-refractivity contribution is 0.224. The average molecular weight is 273 g/mol. The van der Waals surface area contributed by atoms with Gasteiger partial charge in [0.2, 0.25) is 10.0 Å². The van der Waals surface area contributed by atoms with Crippen LogP contribution in [0.1, 0.15) is 26.2 Å². The van der Waals surface area contributed by atoms with Gasteiger partial charge < -0.3 is 4.90 Å². The average Bonchev–Trinajstić information content (AvgIpc) is 2.30. The van der Waals surface area contributed by atoms with Crippen molar-refractivity contribution in [3.63, 3.8) is 0 Å². The van der Waals surface area contributed by atoms with Crippen LogP contribution in [0.4, 0.5) is 0 Å². The highest BCUT2D eigenvalue weighted by Gasteiger charge is 2.33. The molecule has 1 saturated heterocycles. The molecular formula is C12H23N3O2S. The maximum absolute atomic E-state index is 12.2. The monoisotopic (exact) mass is 273 g/mol. The number of nitrogens with zero attached hydrogens (tertiary/aromatic N) is 3. The summed E-state index contributed by atoms with van der Waals surface area (Å²) in [5.74, 6) is 0.564. The molecule has 0 radical (unpaired) electrons. The first kappa shape index (κ1) is 15.4. The molecule has 1 rings (SSSR count). The molecule has 1 unspecified atom stereocenters. The third-order valence-corrected chi connectivity index (χ3v) is 5.67. The van der Waals surface area contributed by atoms with Crippen molar-refractivity contribution in [1.82, 2.24) is 9.21 Å². The number of nitriles is 1. The fourth-order valence-corrected chi connectivity index (χ4v) is 4.05. The first-order valence-electron chi connectivity index (χ1n) is 6.45. The van der Waals surface area contributed by atoms with E-state index in [1.165, 1.54) is 4.31 Å². The second kappa shape index (κ2) is 6.50. The molecule has 18 heavy (non-hydrogen) atoms. The summed E-state index contributed by atoms with van der Waals surface area (Å²) in [6.07, 6.45) is 2.13. The molecule has 1 aliphatic rings. The van der Waals surface area contributed by atoms with Gasteiger partial charge in [0, 0.05) is 19.6 Å². The zero-order chi connectivity index (χ0) is 13.8. The van der Waals surface area contributed by atoms with Crippen molar-refractivity contribution in [2.24, 2.45) is 5.92 Å². The highest BCUT2D eigenvalue weighted by Crippen LogP contribution is 2.22. The van der Waals surface area contributed by atoms with E-state index in [1.54, 1.807) is 6.92 Å². The van der Waals surface area contributed by atoms with E-state index < -0.39 is 15.3 Å². The highest BCUT2D eigenvalue weighted by atomic mass is 32.2. The molecule has 0 amide bonds. The van der Waals surface area contributed by atoms with E-state index in [0.29, 0.717) is 25.4 Å². The molecule has 1 atom stereocenters. The Hall–Kier alpha value is -0.640. The van der Waals surface area contributed by atoms with Crippen LogP contribution in [-0.2, 0) is 10.0 Å². The Labute approximate surface area is 110 Å². The molecule has 0 spiro atoms. The summed E-state index contributed by atoms with van der Waals surface area (Å²) in [4.78, 5) is 2.14. The predicted octanol–water partition coefficient (Wildman–Crippen LogP) is 0.892. The topological polar surface area (TPSA) is 64.4 Å². The minimum Gasteiger partial charge on any atom is -0.309 e. The van der Waals surface area contributed by atoms with Crippen LogP contribution < -0.4 is 0 Å². The predicted molar refractivity (Wildman–Crippen MR) is 71.5 cm³/mol. The van der Waals surface area contributed by atoms with Crippen molar-refractivity contribution in [3.8, 4) is 6.07 Å². The molecule has 1 fully saturated rings. The number of hydrogen-bond acceptors (Lipinski definition) is 4. The van der Waals surface area contributed by atoms with Crippen LogP contribution in [0.5, 0.6) is 0 Å². The lowest BCUT2D eigenvalue weighted by Gasteiger charge is -2.33. The first-order chi connectivity index (χ1) is 8.41. The number of hydrogen-bond donors (Lipinski definition) is 0. The van der Waals surface area contributed by atoms with Crippen LogP contribution in [0, 0.1) is 17.2 Å². The van der Waals surface area contributed by atoms with Crippen molar-refractivity contribution in [1.29, 1.82) is 5.26 Å². The SMILES string of the molecule is CCC(C#N)S(=O)(=O)N1CCC(CN(C)C)CC1. The van der Waals surface area contributed by atoms with Gasteiger partial charge in [0.15, 0.2) is 5.25 Å². The van der Waals surface area contributed by atoms with Crippen molar-refractivity contribution in [2.45, 2.75) is 31.4 Å². The lowest BCUT2D eigenvalue weighted by Crippen LogP contribution is -2.44. The van der Waals surface area contributed by atoms with Crippen LogP contribution >= 0.6 is 0 Å². The van der Waals surface area contributed by atoms with Gasteiger partial charge in [-0.3, -0.25) is 0 Å². The van der Waals surface area contributed by atoms with Crippen molar-refractivity contribution in [3.05, 3.63) is 0 Å². The van der Waals surface area contributed by atoms with Gasteiger partial charge in [-0.15, -0.1) is 0 Å². The molecular weight excluding hydrogens is 250 g/mol. The fourth-order valence-electron chi connectivity index (χ4n) is 2.41. The molecule has 104 valence electrons.